The smallest absolute Gasteiger partial charge is 0.265 e. The number of nitrogens with zero attached hydrogens (tertiary/aromatic N) is 1. The highest BCUT2D eigenvalue weighted by Crippen LogP contribution is 2.28. The lowest BCUT2D eigenvalue weighted by Gasteiger charge is -2.10. The van der Waals surface area contributed by atoms with Crippen molar-refractivity contribution in [2.75, 3.05) is 10.5 Å². The summed E-state index contributed by atoms with van der Waals surface area (Å²) in [5, 5.41) is 6.04. The summed E-state index contributed by atoms with van der Waals surface area (Å²) in [6.07, 6.45) is 2.49. The molecule has 0 atom stereocenters. The average molecular weight is 312 g/mol. The Morgan fingerprint density at radius 1 is 1.40 bits per heavy atom. The van der Waals surface area contributed by atoms with Crippen LogP contribution in [0.2, 0.25) is 0 Å². The molecule has 106 valence electrons. The summed E-state index contributed by atoms with van der Waals surface area (Å²) < 4.78 is 26.6. The number of hydrogen-bond donors (Lipinski definition) is 3. The molecule has 0 aliphatic heterocycles. The third-order valence-corrected chi connectivity index (χ3v) is 4.71. The second-order valence-electron chi connectivity index (χ2n) is 3.79. The number of benzene rings is 1. The summed E-state index contributed by atoms with van der Waals surface area (Å²) in [6.45, 7) is 0. The SMILES string of the molecule is NC(=O)CSc1ccccc1NS(=O)(=O)c1cn[nH]c1. The van der Waals surface area contributed by atoms with E-state index in [1.165, 1.54) is 24.2 Å². The fourth-order valence-electron chi connectivity index (χ4n) is 1.42. The number of nitrogens with two attached hydrogens (primary N) is 1. The largest absolute Gasteiger partial charge is 0.369 e. The van der Waals surface area contributed by atoms with Gasteiger partial charge < -0.3 is 5.73 Å². The molecule has 4 N–H and O–H groups in total. The predicted octanol–water partition coefficient (Wildman–Crippen LogP) is 0.788. The van der Waals surface area contributed by atoms with Crippen LogP contribution >= 0.6 is 11.8 Å². The van der Waals surface area contributed by atoms with Crippen molar-refractivity contribution in [2.45, 2.75) is 9.79 Å². The van der Waals surface area contributed by atoms with E-state index in [4.69, 9.17) is 5.73 Å². The minimum atomic E-state index is -3.70. The van der Waals surface area contributed by atoms with Crippen molar-refractivity contribution in [3.05, 3.63) is 36.7 Å². The van der Waals surface area contributed by atoms with Crippen LogP contribution in [0.3, 0.4) is 0 Å². The zero-order valence-electron chi connectivity index (χ0n) is 10.2. The van der Waals surface area contributed by atoms with Crippen LogP contribution in [0.1, 0.15) is 0 Å². The zero-order valence-corrected chi connectivity index (χ0v) is 11.9. The van der Waals surface area contributed by atoms with E-state index in [-0.39, 0.29) is 10.6 Å². The van der Waals surface area contributed by atoms with E-state index >= 15 is 0 Å². The lowest BCUT2D eigenvalue weighted by Crippen LogP contribution is -2.14. The molecule has 1 aromatic heterocycles. The molecule has 0 unspecified atom stereocenters. The molecule has 0 saturated carbocycles. The number of rotatable bonds is 6. The summed E-state index contributed by atoms with van der Waals surface area (Å²) in [4.78, 5) is 11.5. The fraction of sp³-hybridized carbons (Fsp3) is 0.0909. The van der Waals surface area contributed by atoms with Gasteiger partial charge in [-0.25, -0.2) is 8.42 Å². The van der Waals surface area contributed by atoms with E-state index in [2.05, 4.69) is 14.9 Å². The quantitative estimate of drug-likeness (QED) is 0.681. The monoisotopic (exact) mass is 312 g/mol. The Balaban J connectivity index is 2.23. The molecule has 0 aliphatic rings. The number of sulfonamides is 1. The third kappa shape index (κ3) is 3.52. The first-order valence-electron chi connectivity index (χ1n) is 5.51. The van der Waals surface area contributed by atoms with E-state index in [1.54, 1.807) is 24.3 Å². The van der Waals surface area contributed by atoms with Gasteiger partial charge in [0, 0.05) is 11.1 Å². The highest BCUT2D eigenvalue weighted by molar-refractivity contribution is 8.00. The molecule has 1 amide bonds. The second kappa shape index (κ2) is 5.97. The van der Waals surface area contributed by atoms with Gasteiger partial charge in [-0.3, -0.25) is 14.6 Å². The Bertz CT molecular complexity index is 698. The van der Waals surface area contributed by atoms with Gasteiger partial charge in [0.25, 0.3) is 10.0 Å². The van der Waals surface area contributed by atoms with Crippen molar-refractivity contribution in [1.29, 1.82) is 0 Å². The average Bonchev–Trinajstić information content (AvgIpc) is 2.92. The molecule has 0 spiro atoms. The standard InChI is InChI=1S/C11H12N4O3S2/c12-11(16)7-19-10-4-2-1-3-9(10)15-20(17,18)8-5-13-14-6-8/h1-6,15H,7H2,(H2,12,16)(H,13,14). The number of thioether (sulfide) groups is 1. The van der Waals surface area contributed by atoms with Gasteiger partial charge in [0.2, 0.25) is 5.91 Å². The van der Waals surface area contributed by atoms with E-state index in [1.807, 2.05) is 0 Å². The van der Waals surface area contributed by atoms with Gasteiger partial charge >= 0.3 is 0 Å². The molecule has 9 heteroatoms. The fourth-order valence-corrected chi connectivity index (χ4v) is 3.21. The first kappa shape index (κ1) is 14.4. The Morgan fingerprint density at radius 3 is 2.80 bits per heavy atom. The van der Waals surface area contributed by atoms with Gasteiger partial charge in [-0.2, -0.15) is 5.10 Å². The van der Waals surface area contributed by atoms with Crippen molar-refractivity contribution in [2.24, 2.45) is 5.73 Å². The van der Waals surface area contributed by atoms with Crippen LogP contribution < -0.4 is 10.5 Å². The van der Waals surface area contributed by atoms with Gasteiger partial charge in [0.05, 0.1) is 17.6 Å². The summed E-state index contributed by atoms with van der Waals surface area (Å²) in [6, 6.07) is 6.77. The zero-order chi connectivity index (χ0) is 14.6. The maximum atomic E-state index is 12.1. The Hall–Kier alpha value is -2.00. The molecule has 0 bridgehead atoms. The Labute approximate surface area is 120 Å². The van der Waals surface area contributed by atoms with Gasteiger partial charge in [-0.15, -0.1) is 11.8 Å². The number of hydrogen-bond acceptors (Lipinski definition) is 5. The Kier molecular flexibility index (Phi) is 4.30. The van der Waals surface area contributed by atoms with Gasteiger partial charge in [0.15, 0.2) is 0 Å². The molecule has 2 aromatic rings. The van der Waals surface area contributed by atoms with E-state index in [0.29, 0.717) is 10.6 Å². The van der Waals surface area contributed by atoms with Gasteiger partial charge in [-0.1, -0.05) is 12.1 Å². The topological polar surface area (TPSA) is 118 Å². The number of carbonyl (C=O) groups is 1. The minimum absolute atomic E-state index is 0.0344. The number of para-hydroxylation sites is 1. The molecular weight excluding hydrogens is 300 g/mol. The van der Waals surface area contributed by atoms with E-state index in [9.17, 15) is 13.2 Å². The number of carbonyl (C=O) groups excluding carboxylic acids is 1. The predicted molar refractivity (Wildman–Crippen MR) is 75.8 cm³/mol. The molecule has 0 aliphatic carbocycles. The maximum Gasteiger partial charge on any atom is 0.265 e. The maximum absolute atomic E-state index is 12.1. The number of primary amides is 1. The Morgan fingerprint density at radius 2 is 2.15 bits per heavy atom. The summed E-state index contributed by atoms with van der Waals surface area (Å²) in [5.41, 5.74) is 5.47. The molecule has 1 heterocycles. The molecule has 1 aromatic carbocycles. The number of nitrogens with one attached hydrogen (secondary N) is 2. The lowest BCUT2D eigenvalue weighted by atomic mass is 10.3. The first-order chi connectivity index (χ1) is 9.49. The molecule has 0 fully saturated rings. The number of amides is 1. The van der Waals surface area contributed by atoms with E-state index < -0.39 is 15.9 Å². The molecule has 7 nitrogen and oxygen atoms in total. The van der Waals surface area contributed by atoms with Crippen molar-refractivity contribution in [1.82, 2.24) is 10.2 Å². The number of aromatic amines is 1. The molecule has 0 radical (unpaired) electrons. The van der Waals surface area contributed by atoms with Crippen LogP contribution in [0.15, 0.2) is 46.5 Å². The van der Waals surface area contributed by atoms with Crippen LogP contribution in [0.4, 0.5) is 5.69 Å². The minimum Gasteiger partial charge on any atom is -0.369 e. The third-order valence-electron chi connectivity index (χ3n) is 2.28. The molecule has 0 saturated heterocycles. The molecular formula is C11H12N4O3S2. The van der Waals surface area contributed by atoms with E-state index in [0.717, 1.165) is 0 Å². The number of H-pyrrole nitrogens is 1. The number of anilines is 1. The van der Waals surface area contributed by atoms with Crippen molar-refractivity contribution >= 4 is 33.4 Å². The van der Waals surface area contributed by atoms with Crippen LogP contribution in [0.25, 0.3) is 0 Å². The van der Waals surface area contributed by atoms with Crippen molar-refractivity contribution < 1.29 is 13.2 Å². The van der Waals surface area contributed by atoms with Crippen LogP contribution in [0.5, 0.6) is 0 Å². The normalized spacial score (nSPS) is 11.2. The highest BCUT2D eigenvalue weighted by Gasteiger charge is 2.17. The van der Waals surface area contributed by atoms with Gasteiger partial charge in [0.1, 0.15) is 4.90 Å². The molecule has 2 rings (SSSR count). The first-order valence-corrected chi connectivity index (χ1v) is 7.97. The summed E-state index contributed by atoms with van der Waals surface area (Å²) in [5.74, 6) is -0.396. The van der Waals surface area contributed by atoms with Crippen molar-refractivity contribution in [3.8, 4) is 0 Å². The molecule has 20 heavy (non-hydrogen) atoms. The van der Waals surface area contributed by atoms with Crippen LogP contribution in [0, 0.1) is 0 Å². The summed E-state index contributed by atoms with van der Waals surface area (Å²) in [7, 11) is -3.70. The van der Waals surface area contributed by atoms with Crippen LogP contribution in [-0.2, 0) is 14.8 Å². The van der Waals surface area contributed by atoms with Crippen LogP contribution in [-0.4, -0.2) is 30.3 Å². The number of aromatic nitrogens is 2. The second-order valence-corrected chi connectivity index (χ2v) is 6.49. The van der Waals surface area contributed by atoms with Gasteiger partial charge in [-0.05, 0) is 12.1 Å². The summed E-state index contributed by atoms with van der Waals surface area (Å²) >= 11 is 1.17. The lowest BCUT2D eigenvalue weighted by molar-refractivity contribution is -0.115. The highest BCUT2D eigenvalue weighted by atomic mass is 32.2. The van der Waals surface area contributed by atoms with Crippen molar-refractivity contribution in [3.63, 3.8) is 0 Å².